The van der Waals surface area contributed by atoms with E-state index in [0.717, 1.165) is 0 Å². The maximum Gasteiger partial charge on any atom is 0.419 e. The first-order valence-corrected chi connectivity index (χ1v) is 10.8. The van der Waals surface area contributed by atoms with Crippen LogP contribution in [0.1, 0.15) is 53.3 Å². The number of aliphatic hydroxyl groups is 1. The van der Waals surface area contributed by atoms with Crippen LogP contribution < -0.4 is 5.73 Å². The number of aromatic nitrogens is 1. The van der Waals surface area contributed by atoms with E-state index in [9.17, 15) is 14.7 Å². The summed E-state index contributed by atoms with van der Waals surface area (Å²) in [4.78, 5) is 28.6. The Labute approximate surface area is 188 Å². The molecular weight excluding hydrogens is 412 g/mol. The molecule has 0 radical (unpaired) electrons. The lowest BCUT2D eigenvalue weighted by Crippen LogP contribution is -2.50. The van der Waals surface area contributed by atoms with Crippen molar-refractivity contribution in [1.29, 1.82) is 0 Å². The SMILES string of the molecule is CC(C)(C)OC(=O)N1CCN(C(O)c2cn(C(=O)OC(C)(C)C)c3cc(N)ccc23)CC1. The summed E-state index contributed by atoms with van der Waals surface area (Å²) in [5.41, 5.74) is 6.39. The molecule has 9 heteroatoms. The van der Waals surface area contributed by atoms with Gasteiger partial charge < -0.3 is 25.2 Å². The largest absolute Gasteiger partial charge is 0.444 e. The minimum atomic E-state index is -0.953. The number of benzene rings is 1. The summed E-state index contributed by atoms with van der Waals surface area (Å²) in [6, 6.07) is 5.22. The monoisotopic (exact) mass is 446 g/mol. The summed E-state index contributed by atoms with van der Waals surface area (Å²) < 4.78 is 12.3. The fourth-order valence-corrected chi connectivity index (χ4v) is 3.61. The zero-order chi connectivity index (χ0) is 23.8. The van der Waals surface area contributed by atoms with E-state index in [1.807, 2.05) is 25.7 Å². The van der Waals surface area contributed by atoms with Gasteiger partial charge in [0.05, 0.1) is 5.52 Å². The Morgan fingerprint density at radius 1 is 0.969 bits per heavy atom. The molecule has 1 atom stereocenters. The number of nitrogens with two attached hydrogens (primary N) is 1. The number of anilines is 1. The molecule has 1 aliphatic rings. The number of rotatable bonds is 2. The highest BCUT2D eigenvalue weighted by Crippen LogP contribution is 2.31. The van der Waals surface area contributed by atoms with Crippen LogP contribution in [-0.4, -0.2) is 69.0 Å². The van der Waals surface area contributed by atoms with E-state index < -0.39 is 23.5 Å². The molecule has 2 aromatic rings. The fourth-order valence-electron chi connectivity index (χ4n) is 3.61. The number of aliphatic hydroxyl groups excluding tert-OH is 1. The number of hydrogen-bond donors (Lipinski definition) is 2. The number of nitrogens with zero attached hydrogens (tertiary/aromatic N) is 3. The summed E-state index contributed by atoms with van der Waals surface area (Å²) in [6.45, 7) is 12.7. The molecule has 9 nitrogen and oxygen atoms in total. The van der Waals surface area contributed by atoms with Crippen molar-refractivity contribution < 1.29 is 24.2 Å². The van der Waals surface area contributed by atoms with Crippen LogP contribution >= 0.6 is 0 Å². The number of piperazine rings is 1. The molecule has 176 valence electrons. The van der Waals surface area contributed by atoms with Crippen molar-refractivity contribution in [2.24, 2.45) is 0 Å². The van der Waals surface area contributed by atoms with Crippen molar-refractivity contribution in [1.82, 2.24) is 14.4 Å². The van der Waals surface area contributed by atoms with Gasteiger partial charge in [-0.1, -0.05) is 6.07 Å². The van der Waals surface area contributed by atoms with Gasteiger partial charge in [-0.05, 0) is 53.7 Å². The normalized spacial score (nSPS) is 16.8. The number of carbonyl (C=O) groups excluding carboxylic acids is 2. The van der Waals surface area contributed by atoms with Gasteiger partial charge in [0.1, 0.15) is 17.4 Å². The Kier molecular flexibility index (Phi) is 6.44. The van der Waals surface area contributed by atoms with Gasteiger partial charge in [-0.15, -0.1) is 0 Å². The molecule has 0 saturated carbocycles. The fraction of sp³-hybridized carbons (Fsp3) is 0.565. The van der Waals surface area contributed by atoms with Gasteiger partial charge in [0.25, 0.3) is 0 Å². The zero-order valence-electron chi connectivity index (χ0n) is 19.7. The van der Waals surface area contributed by atoms with E-state index in [1.165, 1.54) is 4.57 Å². The highest BCUT2D eigenvalue weighted by molar-refractivity contribution is 5.94. The van der Waals surface area contributed by atoms with Gasteiger partial charge in [0.2, 0.25) is 0 Å². The van der Waals surface area contributed by atoms with Gasteiger partial charge in [0, 0.05) is 49.0 Å². The first kappa shape index (κ1) is 23.9. The van der Waals surface area contributed by atoms with Gasteiger partial charge in [-0.3, -0.25) is 9.47 Å². The van der Waals surface area contributed by atoms with E-state index in [0.29, 0.717) is 48.3 Å². The third-order valence-electron chi connectivity index (χ3n) is 5.04. The minimum absolute atomic E-state index is 0.358. The molecule has 0 aliphatic carbocycles. The van der Waals surface area contributed by atoms with E-state index in [1.54, 1.807) is 50.1 Å². The topological polar surface area (TPSA) is 110 Å². The minimum Gasteiger partial charge on any atom is -0.444 e. The first-order valence-electron chi connectivity index (χ1n) is 10.8. The average Bonchev–Trinajstić information content (AvgIpc) is 3.03. The predicted octanol–water partition coefficient (Wildman–Crippen LogP) is 3.55. The Bertz CT molecular complexity index is 994. The van der Waals surface area contributed by atoms with Crippen LogP contribution in [0.2, 0.25) is 0 Å². The van der Waals surface area contributed by atoms with Crippen LogP contribution in [0, 0.1) is 0 Å². The van der Waals surface area contributed by atoms with Crippen molar-refractivity contribution >= 4 is 28.8 Å². The Morgan fingerprint density at radius 2 is 1.53 bits per heavy atom. The molecule has 1 amide bonds. The standard InChI is InChI=1S/C23H34N4O5/c1-22(2,3)31-20(29)26-11-9-25(10-12-26)19(28)17-14-27(21(30)32-23(4,5)6)18-13-15(24)7-8-16(17)18/h7-8,13-14,19,28H,9-12,24H2,1-6H3. The molecule has 1 fully saturated rings. The van der Waals surface area contributed by atoms with Gasteiger partial charge >= 0.3 is 12.2 Å². The number of fused-ring (bicyclic) bond motifs is 1. The number of hydrogen-bond acceptors (Lipinski definition) is 7. The van der Waals surface area contributed by atoms with Gasteiger partial charge in [-0.25, -0.2) is 9.59 Å². The lowest BCUT2D eigenvalue weighted by molar-refractivity contribution is -0.0348. The Morgan fingerprint density at radius 3 is 2.09 bits per heavy atom. The molecule has 1 aromatic carbocycles. The molecule has 1 unspecified atom stereocenters. The number of nitrogen functional groups attached to an aromatic ring is 1. The first-order chi connectivity index (χ1) is 14.7. The smallest absolute Gasteiger partial charge is 0.419 e. The molecule has 32 heavy (non-hydrogen) atoms. The Balaban J connectivity index is 1.81. The third-order valence-corrected chi connectivity index (χ3v) is 5.04. The third kappa shape index (κ3) is 5.52. The molecule has 0 bridgehead atoms. The quantitative estimate of drug-likeness (QED) is 0.679. The van der Waals surface area contributed by atoms with E-state index in [4.69, 9.17) is 15.2 Å². The van der Waals surface area contributed by atoms with Gasteiger partial charge in [0.15, 0.2) is 0 Å². The molecule has 0 spiro atoms. The van der Waals surface area contributed by atoms with Crippen LogP contribution in [0.25, 0.3) is 10.9 Å². The second-order valence-corrected chi connectivity index (χ2v) is 10.1. The van der Waals surface area contributed by atoms with E-state index in [2.05, 4.69) is 0 Å². The van der Waals surface area contributed by atoms with Crippen molar-refractivity contribution in [3.63, 3.8) is 0 Å². The van der Waals surface area contributed by atoms with Crippen molar-refractivity contribution in [2.45, 2.75) is 59.0 Å². The van der Waals surface area contributed by atoms with Crippen molar-refractivity contribution in [3.8, 4) is 0 Å². The summed E-state index contributed by atoms with van der Waals surface area (Å²) in [6.07, 6.45) is -0.251. The van der Waals surface area contributed by atoms with Crippen molar-refractivity contribution in [2.75, 3.05) is 31.9 Å². The lowest BCUT2D eigenvalue weighted by atomic mass is 10.1. The molecular formula is C23H34N4O5. The molecule has 1 aliphatic heterocycles. The molecule has 1 saturated heterocycles. The summed E-state index contributed by atoms with van der Waals surface area (Å²) in [7, 11) is 0. The van der Waals surface area contributed by atoms with Crippen LogP contribution in [0.4, 0.5) is 15.3 Å². The van der Waals surface area contributed by atoms with E-state index >= 15 is 0 Å². The molecule has 3 rings (SSSR count). The molecule has 2 heterocycles. The van der Waals surface area contributed by atoms with Gasteiger partial charge in [-0.2, -0.15) is 0 Å². The summed E-state index contributed by atoms with van der Waals surface area (Å²) in [5.74, 6) is 0. The second kappa shape index (κ2) is 8.63. The maximum atomic E-state index is 12.8. The number of ether oxygens (including phenoxy) is 2. The highest BCUT2D eigenvalue weighted by atomic mass is 16.6. The van der Waals surface area contributed by atoms with Crippen LogP contribution in [0.5, 0.6) is 0 Å². The van der Waals surface area contributed by atoms with Crippen molar-refractivity contribution in [3.05, 3.63) is 30.0 Å². The Hall–Kier alpha value is -2.78. The lowest BCUT2D eigenvalue weighted by Gasteiger charge is -2.37. The maximum absolute atomic E-state index is 12.8. The average molecular weight is 447 g/mol. The highest BCUT2D eigenvalue weighted by Gasteiger charge is 2.31. The number of carbonyl (C=O) groups is 2. The molecule has 1 aromatic heterocycles. The second-order valence-electron chi connectivity index (χ2n) is 10.1. The van der Waals surface area contributed by atoms with Crippen LogP contribution in [-0.2, 0) is 9.47 Å². The number of amides is 1. The summed E-state index contributed by atoms with van der Waals surface area (Å²) >= 11 is 0. The predicted molar refractivity (Wildman–Crippen MR) is 122 cm³/mol. The molecule has 3 N–H and O–H groups in total. The van der Waals surface area contributed by atoms with E-state index in [-0.39, 0.29) is 6.09 Å². The van der Waals surface area contributed by atoms with Crippen LogP contribution in [0.3, 0.4) is 0 Å². The summed E-state index contributed by atoms with van der Waals surface area (Å²) in [5, 5.41) is 11.9. The van der Waals surface area contributed by atoms with Crippen LogP contribution in [0.15, 0.2) is 24.4 Å². The zero-order valence-corrected chi connectivity index (χ0v) is 19.7.